The quantitative estimate of drug-likeness (QED) is 0.828. The molecule has 0 spiro atoms. The van der Waals surface area contributed by atoms with Crippen LogP contribution in [0.1, 0.15) is 19.0 Å². The number of pyridine rings is 1. The number of imidazole rings is 1. The largest absolute Gasteiger partial charge is 0.357 e. The maximum Gasteiger partial charge on any atom is 0.216 e. The number of carbonyl (C=O) groups excluding carboxylic acids is 1. The maximum absolute atomic E-state index is 10.8. The van der Waals surface area contributed by atoms with Gasteiger partial charge in [0.2, 0.25) is 5.91 Å². The average Bonchev–Trinajstić information content (AvgIpc) is 2.81. The van der Waals surface area contributed by atoms with Gasteiger partial charge in [-0.3, -0.25) is 9.20 Å². The highest BCUT2D eigenvalue weighted by molar-refractivity contribution is 5.72. The van der Waals surface area contributed by atoms with Gasteiger partial charge in [0.05, 0.1) is 0 Å². The lowest BCUT2D eigenvalue weighted by molar-refractivity contribution is -0.118. The van der Waals surface area contributed by atoms with Crippen molar-refractivity contribution >= 4 is 17.4 Å². The summed E-state index contributed by atoms with van der Waals surface area (Å²) < 4.78 is 1.78. The molecule has 0 radical (unpaired) electrons. The highest BCUT2D eigenvalue weighted by atomic mass is 16.1. The third-order valence-corrected chi connectivity index (χ3v) is 3.02. The normalized spacial score (nSPS) is 10.2. The second-order valence-corrected chi connectivity index (χ2v) is 4.58. The van der Waals surface area contributed by atoms with Gasteiger partial charge >= 0.3 is 0 Å². The number of anilines is 1. The minimum absolute atomic E-state index is 0.0295. The van der Waals surface area contributed by atoms with Crippen molar-refractivity contribution in [2.45, 2.75) is 13.3 Å². The second-order valence-electron chi connectivity index (χ2n) is 4.58. The Labute approximate surface area is 117 Å². The van der Waals surface area contributed by atoms with Gasteiger partial charge in [-0.1, -0.05) is 6.07 Å². The van der Waals surface area contributed by atoms with Gasteiger partial charge in [-0.15, -0.1) is 0 Å². The van der Waals surface area contributed by atoms with Gasteiger partial charge in [0.1, 0.15) is 11.7 Å². The van der Waals surface area contributed by atoms with Crippen LogP contribution in [0.4, 0.5) is 5.82 Å². The Morgan fingerprint density at radius 1 is 1.55 bits per heavy atom. The lowest BCUT2D eigenvalue weighted by atomic mass is 10.3. The first-order valence-electron chi connectivity index (χ1n) is 6.46. The molecule has 0 saturated heterocycles. The summed E-state index contributed by atoms with van der Waals surface area (Å²) in [4.78, 5) is 17.2. The fraction of sp³-hybridized carbons (Fsp3) is 0.357. The number of nitriles is 1. The molecule has 0 aromatic carbocycles. The summed E-state index contributed by atoms with van der Waals surface area (Å²) in [6.07, 6.45) is 2.63. The van der Waals surface area contributed by atoms with E-state index in [2.05, 4.69) is 16.4 Å². The minimum atomic E-state index is -0.0295. The summed E-state index contributed by atoms with van der Waals surface area (Å²) in [5.41, 5.74) is 1.29. The molecular formula is C14H17N5O. The number of nitrogens with zero attached hydrogens (tertiary/aromatic N) is 4. The van der Waals surface area contributed by atoms with E-state index in [1.807, 2.05) is 36.3 Å². The molecule has 0 fully saturated rings. The lowest BCUT2D eigenvalue weighted by Gasteiger charge is -2.16. The van der Waals surface area contributed by atoms with Crippen molar-refractivity contribution in [3.8, 4) is 6.07 Å². The summed E-state index contributed by atoms with van der Waals surface area (Å²) in [6, 6.07) is 7.83. The van der Waals surface area contributed by atoms with Crippen LogP contribution in [0.25, 0.3) is 5.65 Å². The Hall–Kier alpha value is -2.55. The third kappa shape index (κ3) is 2.88. The van der Waals surface area contributed by atoms with Crippen LogP contribution < -0.4 is 10.2 Å². The Kier molecular flexibility index (Phi) is 4.20. The fourth-order valence-corrected chi connectivity index (χ4v) is 2.04. The van der Waals surface area contributed by atoms with Crippen molar-refractivity contribution in [2.75, 3.05) is 25.0 Å². The van der Waals surface area contributed by atoms with Crippen LogP contribution in [0.15, 0.2) is 24.4 Å². The fourth-order valence-electron chi connectivity index (χ4n) is 2.04. The second kappa shape index (κ2) is 6.06. The zero-order chi connectivity index (χ0) is 14.5. The number of hydrogen-bond acceptors (Lipinski definition) is 4. The predicted molar refractivity (Wildman–Crippen MR) is 76.5 cm³/mol. The lowest BCUT2D eigenvalue weighted by Crippen LogP contribution is -2.26. The minimum Gasteiger partial charge on any atom is -0.357 e. The number of carbonyl (C=O) groups is 1. The standard InChI is InChI=1S/C14H17N5O/c1-11(20)16-7-5-8-18(2)14-12(10-15)19-9-4-3-6-13(19)17-14/h3-4,6,9H,5,7-8H2,1-2H3,(H,16,20). The number of rotatable bonds is 5. The topological polar surface area (TPSA) is 73.4 Å². The Bertz CT molecular complexity index is 655. The van der Waals surface area contributed by atoms with E-state index in [4.69, 9.17) is 0 Å². The van der Waals surface area contributed by atoms with Gasteiger partial charge in [-0.2, -0.15) is 5.26 Å². The number of nitrogens with one attached hydrogen (secondary N) is 1. The predicted octanol–water partition coefficient (Wildman–Crippen LogP) is 1.17. The van der Waals surface area contributed by atoms with Crippen molar-refractivity contribution in [1.82, 2.24) is 14.7 Å². The van der Waals surface area contributed by atoms with Crippen LogP contribution in [0.3, 0.4) is 0 Å². The molecule has 104 valence electrons. The Balaban J connectivity index is 2.12. The molecule has 0 atom stereocenters. The molecule has 0 aliphatic carbocycles. The monoisotopic (exact) mass is 271 g/mol. The molecule has 2 aromatic heterocycles. The van der Waals surface area contributed by atoms with Gasteiger partial charge in [-0.25, -0.2) is 4.98 Å². The van der Waals surface area contributed by atoms with Crippen molar-refractivity contribution in [3.05, 3.63) is 30.1 Å². The van der Waals surface area contributed by atoms with Crippen molar-refractivity contribution < 1.29 is 4.79 Å². The first-order chi connectivity index (χ1) is 9.63. The molecule has 0 bridgehead atoms. The molecule has 2 aromatic rings. The molecule has 0 saturated carbocycles. The van der Waals surface area contributed by atoms with Gasteiger partial charge in [0.15, 0.2) is 11.5 Å². The number of fused-ring (bicyclic) bond motifs is 1. The molecule has 2 rings (SSSR count). The summed E-state index contributed by atoms with van der Waals surface area (Å²) in [5, 5.41) is 12.1. The summed E-state index contributed by atoms with van der Waals surface area (Å²) >= 11 is 0. The molecule has 0 aliphatic heterocycles. The van der Waals surface area contributed by atoms with Crippen molar-refractivity contribution in [3.63, 3.8) is 0 Å². The average molecular weight is 271 g/mol. The SMILES string of the molecule is CC(=O)NCCCN(C)c1nc2ccccn2c1C#N. The highest BCUT2D eigenvalue weighted by Crippen LogP contribution is 2.19. The number of aromatic nitrogens is 2. The third-order valence-electron chi connectivity index (χ3n) is 3.02. The van der Waals surface area contributed by atoms with E-state index >= 15 is 0 Å². The van der Waals surface area contributed by atoms with Gasteiger partial charge in [0, 0.05) is 33.3 Å². The first kappa shape index (κ1) is 13.9. The van der Waals surface area contributed by atoms with Crippen LogP contribution >= 0.6 is 0 Å². The molecule has 6 nitrogen and oxygen atoms in total. The van der Waals surface area contributed by atoms with Crippen molar-refractivity contribution in [2.24, 2.45) is 0 Å². The highest BCUT2D eigenvalue weighted by Gasteiger charge is 2.14. The summed E-state index contributed by atoms with van der Waals surface area (Å²) in [5.74, 6) is 0.639. The zero-order valence-electron chi connectivity index (χ0n) is 11.6. The molecule has 6 heteroatoms. The zero-order valence-corrected chi connectivity index (χ0v) is 11.6. The molecule has 1 amide bonds. The van der Waals surface area contributed by atoms with Gasteiger partial charge < -0.3 is 10.2 Å². The van der Waals surface area contributed by atoms with Crippen molar-refractivity contribution in [1.29, 1.82) is 5.26 Å². The summed E-state index contributed by atoms with van der Waals surface area (Å²) in [6.45, 7) is 2.84. The molecular weight excluding hydrogens is 254 g/mol. The van der Waals surface area contributed by atoms with E-state index in [-0.39, 0.29) is 5.91 Å². The maximum atomic E-state index is 10.8. The van der Waals surface area contributed by atoms with E-state index in [9.17, 15) is 10.1 Å². The van der Waals surface area contributed by atoms with Gasteiger partial charge in [-0.05, 0) is 18.6 Å². The summed E-state index contributed by atoms with van der Waals surface area (Å²) in [7, 11) is 1.90. The van der Waals surface area contributed by atoms with Crippen LogP contribution in [-0.2, 0) is 4.79 Å². The molecule has 0 unspecified atom stereocenters. The van der Waals surface area contributed by atoms with Crippen LogP contribution in [0.2, 0.25) is 0 Å². The van der Waals surface area contributed by atoms with Crippen LogP contribution in [-0.4, -0.2) is 35.4 Å². The van der Waals surface area contributed by atoms with Crippen LogP contribution in [0, 0.1) is 11.3 Å². The van der Waals surface area contributed by atoms with E-state index in [1.165, 1.54) is 6.92 Å². The number of hydrogen-bond donors (Lipinski definition) is 1. The first-order valence-corrected chi connectivity index (χ1v) is 6.46. The van der Waals surface area contributed by atoms with E-state index in [0.29, 0.717) is 18.1 Å². The molecule has 1 N–H and O–H groups in total. The Morgan fingerprint density at radius 3 is 3.05 bits per heavy atom. The van der Waals surface area contributed by atoms with E-state index in [0.717, 1.165) is 18.6 Å². The smallest absolute Gasteiger partial charge is 0.216 e. The molecule has 20 heavy (non-hydrogen) atoms. The Morgan fingerprint density at radius 2 is 2.35 bits per heavy atom. The van der Waals surface area contributed by atoms with Crippen LogP contribution in [0.5, 0.6) is 0 Å². The van der Waals surface area contributed by atoms with E-state index in [1.54, 1.807) is 4.40 Å². The van der Waals surface area contributed by atoms with E-state index < -0.39 is 0 Å². The number of amides is 1. The molecule has 2 heterocycles. The molecule has 0 aliphatic rings. The van der Waals surface area contributed by atoms with Gasteiger partial charge in [0.25, 0.3) is 0 Å².